The third-order valence-electron chi connectivity index (χ3n) is 4.39. The quantitative estimate of drug-likeness (QED) is 0.866. The Balaban J connectivity index is 1.59. The van der Waals surface area contributed by atoms with Crippen molar-refractivity contribution in [2.45, 2.75) is 37.8 Å². The van der Waals surface area contributed by atoms with Gasteiger partial charge in [-0.15, -0.1) is 0 Å². The highest BCUT2D eigenvalue weighted by molar-refractivity contribution is 8.14. The van der Waals surface area contributed by atoms with E-state index in [9.17, 15) is 18.8 Å². The first-order chi connectivity index (χ1) is 12.1. The zero-order chi connectivity index (χ0) is 17.8. The largest absolute Gasteiger partial charge is 0.481 e. The summed E-state index contributed by atoms with van der Waals surface area (Å²) in [4.78, 5) is 37.4. The lowest BCUT2D eigenvalue weighted by molar-refractivity contribution is -0.129. The molecule has 134 valence electrons. The Morgan fingerprint density at radius 3 is 2.76 bits per heavy atom. The van der Waals surface area contributed by atoms with E-state index in [1.165, 1.54) is 23.1 Å². The second-order valence-corrected chi connectivity index (χ2v) is 6.99. The number of halogens is 1. The zero-order valence-electron chi connectivity index (χ0n) is 13.6. The second kappa shape index (κ2) is 7.86. The molecule has 1 saturated heterocycles. The number of carbonyl (C=O) groups is 3. The predicted octanol–water partition coefficient (Wildman–Crippen LogP) is 2.33. The third kappa shape index (κ3) is 4.12. The van der Waals surface area contributed by atoms with E-state index in [0.717, 1.165) is 24.6 Å². The summed E-state index contributed by atoms with van der Waals surface area (Å²) in [5.74, 6) is -0.960. The molecular formula is C17H19FN2O4S. The highest BCUT2D eigenvalue weighted by Gasteiger charge is 2.41. The van der Waals surface area contributed by atoms with Crippen LogP contribution in [0.4, 0.5) is 9.18 Å². The molecule has 0 radical (unpaired) electrons. The molecule has 3 amide bonds. The maximum Gasteiger partial charge on any atom is 0.289 e. The fourth-order valence-corrected chi connectivity index (χ4v) is 3.99. The molecule has 2 aliphatic rings. The van der Waals surface area contributed by atoms with Gasteiger partial charge in [0, 0.05) is 6.04 Å². The van der Waals surface area contributed by atoms with Gasteiger partial charge in [0.15, 0.2) is 18.2 Å². The fraction of sp³-hybridized carbons (Fsp3) is 0.471. The molecule has 1 aliphatic heterocycles. The Bertz CT molecular complexity index is 668. The first-order valence-corrected chi connectivity index (χ1v) is 9.20. The van der Waals surface area contributed by atoms with Crippen molar-refractivity contribution < 1.29 is 23.5 Å². The molecule has 1 heterocycles. The summed E-state index contributed by atoms with van der Waals surface area (Å²) < 4.78 is 18.7. The lowest BCUT2D eigenvalue weighted by atomic mass is 9.89. The van der Waals surface area contributed by atoms with Crippen molar-refractivity contribution in [3.8, 4) is 5.75 Å². The Hall–Kier alpha value is -2.09. The zero-order valence-corrected chi connectivity index (χ0v) is 14.4. The average Bonchev–Trinajstić information content (AvgIpc) is 2.93. The molecule has 1 aromatic carbocycles. The van der Waals surface area contributed by atoms with Crippen LogP contribution in [0.1, 0.15) is 25.7 Å². The van der Waals surface area contributed by atoms with Gasteiger partial charge in [-0.05, 0) is 25.0 Å². The lowest BCUT2D eigenvalue weighted by Crippen LogP contribution is -2.55. The molecule has 1 N–H and O–H groups in total. The van der Waals surface area contributed by atoms with Gasteiger partial charge in [0.2, 0.25) is 5.91 Å². The summed E-state index contributed by atoms with van der Waals surface area (Å²) in [7, 11) is 0. The number of amides is 3. The lowest BCUT2D eigenvalue weighted by Gasteiger charge is -2.36. The number of benzene rings is 1. The SMILES string of the molecule is O=C(COc1ccccc1F)N[C@H]1CCCC[C@@H]1N1C(=O)CSC1=O. The van der Waals surface area contributed by atoms with Crippen LogP contribution in [-0.4, -0.2) is 46.4 Å². The van der Waals surface area contributed by atoms with Crippen LogP contribution >= 0.6 is 11.8 Å². The van der Waals surface area contributed by atoms with Crippen molar-refractivity contribution in [1.29, 1.82) is 0 Å². The van der Waals surface area contributed by atoms with Gasteiger partial charge < -0.3 is 10.1 Å². The van der Waals surface area contributed by atoms with E-state index in [0.29, 0.717) is 12.8 Å². The summed E-state index contributed by atoms with van der Waals surface area (Å²) in [5, 5.41) is 2.58. The molecule has 0 spiro atoms. The van der Waals surface area contributed by atoms with Gasteiger partial charge in [-0.1, -0.05) is 36.7 Å². The van der Waals surface area contributed by atoms with E-state index in [1.54, 1.807) is 6.07 Å². The number of nitrogens with zero attached hydrogens (tertiary/aromatic N) is 1. The molecular weight excluding hydrogens is 347 g/mol. The first kappa shape index (κ1) is 17.7. The van der Waals surface area contributed by atoms with Crippen LogP contribution in [0.2, 0.25) is 0 Å². The van der Waals surface area contributed by atoms with Gasteiger partial charge in [0.1, 0.15) is 0 Å². The second-order valence-electron chi connectivity index (χ2n) is 6.06. The molecule has 6 nitrogen and oxygen atoms in total. The smallest absolute Gasteiger partial charge is 0.289 e. The molecule has 0 bridgehead atoms. The number of ether oxygens (including phenoxy) is 1. The van der Waals surface area contributed by atoms with Crippen LogP contribution in [-0.2, 0) is 9.59 Å². The molecule has 2 fully saturated rings. The van der Waals surface area contributed by atoms with Crippen molar-refractivity contribution in [2.75, 3.05) is 12.4 Å². The van der Waals surface area contributed by atoms with Crippen molar-refractivity contribution in [3.63, 3.8) is 0 Å². The average molecular weight is 366 g/mol. The number of carbonyl (C=O) groups excluding carboxylic acids is 3. The van der Waals surface area contributed by atoms with Gasteiger partial charge >= 0.3 is 0 Å². The summed E-state index contributed by atoms with van der Waals surface area (Å²) in [6.45, 7) is -0.319. The van der Waals surface area contributed by atoms with E-state index >= 15 is 0 Å². The molecule has 2 atom stereocenters. The van der Waals surface area contributed by atoms with Crippen molar-refractivity contribution >= 4 is 28.8 Å². The van der Waals surface area contributed by atoms with Crippen molar-refractivity contribution in [2.24, 2.45) is 0 Å². The number of hydrogen-bond donors (Lipinski definition) is 1. The number of thioether (sulfide) groups is 1. The van der Waals surface area contributed by atoms with E-state index < -0.39 is 11.7 Å². The standard InChI is InChI=1S/C17H19FN2O4S/c18-11-5-1-4-8-14(11)24-9-15(21)19-12-6-2-3-7-13(12)20-16(22)10-25-17(20)23/h1,4-5,8,12-13H,2-3,6-7,9-10H2,(H,19,21)/t12-,13-/m0/s1. The van der Waals surface area contributed by atoms with Crippen LogP contribution in [0.15, 0.2) is 24.3 Å². The number of hydrogen-bond acceptors (Lipinski definition) is 5. The highest BCUT2D eigenvalue weighted by atomic mass is 32.2. The molecule has 1 aromatic rings. The maximum atomic E-state index is 13.5. The topological polar surface area (TPSA) is 75.7 Å². The van der Waals surface area contributed by atoms with Crippen LogP contribution in [0.5, 0.6) is 5.75 Å². The Morgan fingerprint density at radius 2 is 2.04 bits per heavy atom. The Morgan fingerprint density at radius 1 is 1.28 bits per heavy atom. The van der Waals surface area contributed by atoms with Gasteiger partial charge in [-0.2, -0.15) is 0 Å². The normalized spacial score (nSPS) is 23.6. The number of rotatable bonds is 5. The van der Waals surface area contributed by atoms with Crippen LogP contribution < -0.4 is 10.1 Å². The Labute approximate surface area is 149 Å². The van der Waals surface area contributed by atoms with Gasteiger partial charge in [0.05, 0.1) is 11.8 Å². The van der Waals surface area contributed by atoms with Crippen molar-refractivity contribution in [1.82, 2.24) is 10.2 Å². The minimum Gasteiger partial charge on any atom is -0.481 e. The van der Waals surface area contributed by atoms with E-state index in [-0.39, 0.29) is 41.3 Å². The summed E-state index contributed by atoms with van der Waals surface area (Å²) in [6, 6.07) is 5.25. The summed E-state index contributed by atoms with van der Waals surface area (Å²) in [6.07, 6.45) is 3.19. The fourth-order valence-electron chi connectivity index (χ4n) is 3.23. The molecule has 0 unspecified atom stereocenters. The minimum atomic E-state index is -0.531. The Kier molecular flexibility index (Phi) is 5.57. The maximum absolute atomic E-state index is 13.5. The van der Waals surface area contributed by atoms with Gasteiger partial charge in [-0.25, -0.2) is 4.39 Å². The molecule has 1 saturated carbocycles. The first-order valence-electron chi connectivity index (χ1n) is 8.22. The van der Waals surface area contributed by atoms with E-state index in [4.69, 9.17) is 4.74 Å². The molecule has 25 heavy (non-hydrogen) atoms. The molecule has 0 aromatic heterocycles. The molecule has 8 heteroatoms. The van der Waals surface area contributed by atoms with Crippen LogP contribution in [0, 0.1) is 5.82 Å². The molecule has 3 rings (SSSR count). The van der Waals surface area contributed by atoms with Gasteiger partial charge in [-0.3, -0.25) is 19.3 Å². The van der Waals surface area contributed by atoms with Crippen LogP contribution in [0.25, 0.3) is 0 Å². The van der Waals surface area contributed by atoms with E-state index in [2.05, 4.69) is 5.32 Å². The number of para-hydroxylation sites is 1. The third-order valence-corrected chi connectivity index (χ3v) is 5.22. The predicted molar refractivity (Wildman–Crippen MR) is 90.8 cm³/mol. The number of imide groups is 1. The highest BCUT2D eigenvalue weighted by Crippen LogP contribution is 2.30. The van der Waals surface area contributed by atoms with Crippen LogP contribution in [0.3, 0.4) is 0 Å². The summed E-state index contributed by atoms with van der Waals surface area (Å²) >= 11 is 0.996. The number of nitrogens with one attached hydrogen (secondary N) is 1. The van der Waals surface area contributed by atoms with Gasteiger partial charge in [0.25, 0.3) is 11.1 Å². The molecule has 1 aliphatic carbocycles. The van der Waals surface area contributed by atoms with E-state index in [1.807, 2.05) is 0 Å². The minimum absolute atomic E-state index is 0.0131. The summed E-state index contributed by atoms with van der Waals surface area (Å²) in [5.41, 5.74) is 0. The monoisotopic (exact) mass is 366 g/mol. The van der Waals surface area contributed by atoms with Crippen molar-refractivity contribution in [3.05, 3.63) is 30.1 Å².